The van der Waals surface area contributed by atoms with E-state index in [9.17, 15) is 0 Å². The second-order valence-corrected chi connectivity index (χ2v) is 4.40. The smallest absolute Gasteiger partial charge is 0.128 e. The zero-order valence-electron chi connectivity index (χ0n) is 9.53. The van der Waals surface area contributed by atoms with Crippen molar-refractivity contribution in [1.82, 2.24) is 4.98 Å². The molecule has 0 aromatic carbocycles. The minimum atomic E-state index is 0.268. The number of anilines is 1. The van der Waals surface area contributed by atoms with Gasteiger partial charge in [-0.15, -0.1) is 11.6 Å². The number of halogens is 1. The van der Waals surface area contributed by atoms with E-state index in [4.69, 9.17) is 16.3 Å². The van der Waals surface area contributed by atoms with Crippen LogP contribution in [0.1, 0.15) is 18.9 Å². The van der Waals surface area contributed by atoms with Gasteiger partial charge < -0.3 is 9.64 Å². The number of alkyl halides is 1. The molecule has 1 saturated heterocycles. The van der Waals surface area contributed by atoms with Crippen molar-refractivity contribution in [2.75, 3.05) is 24.6 Å². The second kappa shape index (κ2) is 5.51. The molecule has 0 saturated carbocycles. The Bertz CT molecular complexity index is 346. The van der Waals surface area contributed by atoms with Crippen molar-refractivity contribution in [1.29, 1.82) is 0 Å². The molecule has 2 rings (SSSR count). The Hall–Kier alpha value is -0.800. The van der Waals surface area contributed by atoms with Gasteiger partial charge in [0.1, 0.15) is 5.82 Å². The van der Waals surface area contributed by atoms with E-state index in [1.54, 1.807) is 0 Å². The van der Waals surface area contributed by atoms with Crippen LogP contribution in [0.15, 0.2) is 18.3 Å². The maximum Gasteiger partial charge on any atom is 0.128 e. The Morgan fingerprint density at radius 3 is 3.31 bits per heavy atom. The van der Waals surface area contributed by atoms with Gasteiger partial charge in [-0.1, -0.05) is 0 Å². The van der Waals surface area contributed by atoms with E-state index < -0.39 is 0 Å². The summed E-state index contributed by atoms with van der Waals surface area (Å²) in [6, 6.07) is 4.01. The fraction of sp³-hybridized carbons (Fsp3) is 0.583. The maximum atomic E-state index is 5.83. The lowest BCUT2D eigenvalue weighted by Gasteiger charge is -2.23. The standard InChI is InChI=1S/C12H17ClN2O/c1-10-9-15(5-2-6-16-10)12-7-11(8-13)3-4-14-12/h3-4,7,10H,2,5-6,8-9H2,1H3. The van der Waals surface area contributed by atoms with E-state index in [1.807, 2.05) is 12.3 Å². The van der Waals surface area contributed by atoms with Gasteiger partial charge in [-0.25, -0.2) is 4.98 Å². The highest BCUT2D eigenvalue weighted by molar-refractivity contribution is 6.17. The summed E-state index contributed by atoms with van der Waals surface area (Å²) < 4.78 is 5.62. The Morgan fingerprint density at radius 1 is 1.62 bits per heavy atom. The molecule has 0 amide bonds. The van der Waals surface area contributed by atoms with Crippen LogP contribution in [0.4, 0.5) is 5.82 Å². The van der Waals surface area contributed by atoms with E-state index in [0.717, 1.165) is 37.5 Å². The molecule has 0 bridgehead atoms. The first-order chi connectivity index (χ1) is 7.79. The topological polar surface area (TPSA) is 25.4 Å². The van der Waals surface area contributed by atoms with Crippen molar-refractivity contribution >= 4 is 17.4 Å². The molecule has 1 aliphatic rings. The lowest BCUT2D eigenvalue weighted by Crippen LogP contribution is -2.30. The fourth-order valence-electron chi connectivity index (χ4n) is 1.92. The molecule has 0 N–H and O–H groups in total. The normalized spacial score (nSPS) is 21.9. The number of pyridine rings is 1. The molecule has 1 aromatic heterocycles. The number of ether oxygens (including phenoxy) is 1. The van der Waals surface area contributed by atoms with Gasteiger partial charge in [0.05, 0.1) is 6.10 Å². The molecular formula is C12H17ClN2O. The van der Waals surface area contributed by atoms with Crippen molar-refractivity contribution in [3.05, 3.63) is 23.9 Å². The van der Waals surface area contributed by atoms with Crippen LogP contribution in [0.2, 0.25) is 0 Å². The molecule has 1 unspecified atom stereocenters. The molecule has 16 heavy (non-hydrogen) atoms. The van der Waals surface area contributed by atoms with E-state index in [1.165, 1.54) is 0 Å². The van der Waals surface area contributed by atoms with Gasteiger partial charge in [0.15, 0.2) is 0 Å². The quantitative estimate of drug-likeness (QED) is 0.743. The highest BCUT2D eigenvalue weighted by atomic mass is 35.5. The summed E-state index contributed by atoms with van der Waals surface area (Å²) in [6.07, 6.45) is 3.14. The lowest BCUT2D eigenvalue weighted by molar-refractivity contribution is 0.0820. The number of hydrogen-bond acceptors (Lipinski definition) is 3. The number of nitrogens with zero attached hydrogens (tertiary/aromatic N) is 2. The largest absolute Gasteiger partial charge is 0.377 e. The van der Waals surface area contributed by atoms with E-state index in [2.05, 4.69) is 22.9 Å². The third-order valence-electron chi connectivity index (χ3n) is 2.74. The van der Waals surface area contributed by atoms with Crippen molar-refractivity contribution in [2.24, 2.45) is 0 Å². The van der Waals surface area contributed by atoms with Crippen LogP contribution in [-0.4, -0.2) is 30.8 Å². The minimum Gasteiger partial charge on any atom is -0.377 e. The van der Waals surface area contributed by atoms with E-state index >= 15 is 0 Å². The molecule has 1 atom stereocenters. The zero-order valence-corrected chi connectivity index (χ0v) is 10.3. The molecule has 0 radical (unpaired) electrons. The molecule has 2 heterocycles. The van der Waals surface area contributed by atoms with Crippen molar-refractivity contribution in [3.63, 3.8) is 0 Å². The average molecular weight is 241 g/mol. The van der Waals surface area contributed by atoms with Crippen LogP contribution in [0.25, 0.3) is 0 Å². The summed E-state index contributed by atoms with van der Waals surface area (Å²) in [4.78, 5) is 6.67. The Balaban J connectivity index is 2.14. The third kappa shape index (κ3) is 2.86. The first-order valence-corrected chi connectivity index (χ1v) is 6.20. The van der Waals surface area contributed by atoms with Gasteiger partial charge in [0, 0.05) is 31.8 Å². The predicted octanol–water partition coefficient (Wildman–Crippen LogP) is 2.44. The summed E-state index contributed by atoms with van der Waals surface area (Å²) in [5.74, 6) is 1.55. The van der Waals surface area contributed by atoms with Gasteiger partial charge in [-0.05, 0) is 31.0 Å². The minimum absolute atomic E-state index is 0.268. The zero-order chi connectivity index (χ0) is 11.4. The Morgan fingerprint density at radius 2 is 2.50 bits per heavy atom. The van der Waals surface area contributed by atoms with Crippen LogP contribution < -0.4 is 4.90 Å². The fourth-order valence-corrected chi connectivity index (χ4v) is 2.09. The van der Waals surface area contributed by atoms with Crippen LogP contribution in [0.3, 0.4) is 0 Å². The number of rotatable bonds is 2. The summed E-state index contributed by atoms with van der Waals surface area (Å²) >= 11 is 5.83. The van der Waals surface area contributed by atoms with E-state index in [-0.39, 0.29) is 6.10 Å². The lowest BCUT2D eigenvalue weighted by atomic mass is 10.2. The molecule has 1 aliphatic heterocycles. The maximum absolute atomic E-state index is 5.83. The van der Waals surface area contributed by atoms with Gasteiger partial charge in [0.2, 0.25) is 0 Å². The van der Waals surface area contributed by atoms with Crippen LogP contribution in [0, 0.1) is 0 Å². The van der Waals surface area contributed by atoms with Gasteiger partial charge in [-0.3, -0.25) is 0 Å². The summed E-state index contributed by atoms with van der Waals surface area (Å²) in [6.45, 7) is 4.85. The molecular weight excluding hydrogens is 224 g/mol. The summed E-state index contributed by atoms with van der Waals surface area (Å²) in [5.41, 5.74) is 1.12. The average Bonchev–Trinajstić information content (AvgIpc) is 2.54. The molecule has 0 spiro atoms. The SMILES string of the molecule is CC1CN(c2cc(CCl)ccn2)CCCO1. The molecule has 3 nitrogen and oxygen atoms in total. The molecule has 0 aliphatic carbocycles. The van der Waals surface area contributed by atoms with Crippen LogP contribution in [0.5, 0.6) is 0 Å². The molecule has 1 aromatic rings. The monoisotopic (exact) mass is 240 g/mol. The van der Waals surface area contributed by atoms with Crippen molar-refractivity contribution in [2.45, 2.75) is 25.3 Å². The third-order valence-corrected chi connectivity index (χ3v) is 3.05. The number of hydrogen-bond donors (Lipinski definition) is 0. The highest BCUT2D eigenvalue weighted by Gasteiger charge is 2.16. The van der Waals surface area contributed by atoms with Crippen LogP contribution in [-0.2, 0) is 10.6 Å². The van der Waals surface area contributed by atoms with Crippen molar-refractivity contribution in [3.8, 4) is 0 Å². The summed E-state index contributed by atoms with van der Waals surface area (Å²) in [7, 11) is 0. The van der Waals surface area contributed by atoms with Crippen molar-refractivity contribution < 1.29 is 4.74 Å². The van der Waals surface area contributed by atoms with Gasteiger partial charge >= 0.3 is 0 Å². The van der Waals surface area contributed by atoms with Gasteiger partial charge in [0.25, 0.3) is 0 Å². The van der Waals surface area contributed by atoms with Crippen LogP contribution >= 0.6 is 11.6 Å². The Kier molecular flexibility index (Phi) is 4.02. The highest BCUT2D eigenvalue weighted by Crippen LogP contribution is 2.17. The predicted molar refractivity (Wildman–Crippen MR) is 66.0 cm³/mol. The first-order valence-electron chi connectivity index (χ1n) is 5.67. The molecule has 4 heteroatoms. The van der Waals surface area contributed by atoms with E-state index in [0.29, 0.717) is 5.88 Å². The Labute approximate surface area is 101 Å². The molecule has 1 fully saturated rings. The first kappa shape index (κ1) is 11.7. The van der Waals surface area contributed by atoms with Gasteiger partial charge in [-0.2, -0.15) is 0 Å². The molecule has 88 valence electrons. The number of aromatic nitrogens is 1. The summed E-state index contributed by atoms with van der Waals surface area (Å²) in [5, 5.41) is 0. The second-order valence-electron chi connectivity index (χ2n) is 4.14.